The summed E-state index contributed by atoms with van der Waals surface area (Å²) in [6, 6.07) is 9.66. The molecule has 2 aromatic carbocycles. The SMILES string of the molecule is CC(OC(=O)c1c(Cl)cccc1Cl)C(=O)Nc1ccc2c(c1)OCCO2. The zero-order valence-corrected chi connectivity index (χ0v) is 15.3. The Kier molecular flexibility index (Phi) is 5.54. The molecule has 136 valence electrons. The van der Waals surface area contributed by atoms with Gasteiger partial charge in [0.25, 0.3) is 5.91 Å². The van der Waals surface area contributed by atoms with Gasteiger partial charge >= 0.3 is 5.97 Å². The molecule has 6 nitrogen and oxygen atoms in total. The molecule has 0 radical (unpaired) electrons. The van der Waals surface area contributed by atoms with Crippen molar-refractivity contribution in [1.29, 1.82) is 0 Å². The van der Waals surface area contributed by atoms with Crippen LogP contribution in [0.4, 0.5) is 5.69 Å². The van der Waals surface area contributed by atoms with Gasteiger partial charge in [0.2, 0.25) is 0 Å². The molecule has 1 heterocycles. The minimum absolute atomic E-state index is 0.0230. The van der Waals surface area contributed by atoms with E-state index in [1.54, 1.807) is 24.3 Å². The van der Waals surface area contributed by atoms with Crippen LogP contribution >= 0.6 is 23.2 Å². The van der Waals surface area contributed by atoms with Gasteiger partial charge in [-0.2, -0.15) is 0 Å². The predicted molar refractivity (Wildman–Crippen MR) is 97.4 cm³/mol. The smallest absolute Gasteiger partial charge is 0.341 e. The van der Waals surface area contributed by atoms with Crippen LogP contribution in [0.2, 0.25) is 10.0 Å². The molecule has 1 aliphatic heterocycles. The highest BCUT2D eigenvalue weighted by atomic mass is 35.5. The number of amides is 1. The van der Waals surface area contributed by atoms with Gasteiger partial charge in [0.1, 0.15) is 13.2 Å². The molecular formula is C18H15Cl2NO5. The maximum atomic E-state index is 12.3. The van der Waals surface area contributed by atoms with E-state index >= 15 is 0 Å². The number of halogens is 2. The van der Waals surface area contributed by atoms with E-state index in [2.05, 4.69) is 5.32 Å². The molecule has 0 fully saturated rings. The van der Waals surface area contributed by atoms with E-state index in [1.807, 2.05) is 0 Å². The number of esters is 1. The topological polar surface area (TPSA) is 73.9 Å². The van der Waals surface area contributed by atoms with Crippen molar-refractivity contribution in [1.82, 2.24) is 0 Å². The molecule has 1 unspecified atom stereocenters. The molecule has 1 N–H and O–H groups in total. The van der Waals surface area contributed by atoms with Crippen molar-refractivity contribution in [2.75, 3.05) is 18.5 Å². The maximum absolute atomic E-state index is 12.3. The second-order valence-electron chi connectivity index (χ2n) is 5.49. The first-order valence-electron chi connectivity index (χ1n) is 7.81. The van der Waals surface area contributed by atoms with E-state index in [1.165, 1.54) is 19.1 Å². The van der Waals surface area contributed by atoms with Crippen LogP contribution in [0.25, 0.3) is 0 Å². The average Bonchev–Trinajstić information content (AvgIpc) is 2.61. The number of rotatable bonds is 4. The number of nitrogens with one attached hydrogen (secondary N) is 1. The first kappa shape index (κ1) is 18.4. The Labute approximate surface area is 159 Å². The van der Waals surface area contributed by atoms with Crippen LogP contribution in [-0.4, -0.2) is 31.2 Å². The van der Waals surface area contributed by atoms with E-state index in [9.17, 15) is 9.59 Å². The molecular weight excluding hydrogens is 381 g/mol. The Morgan fingerprint density at radius 3 is 2.42 bits per heavy atom. The number of benzene rings is 2. The van der Waals surface area contributed by atoms with E-state index in [-0.39, 0.29) is 15.6 Å². The van der Waals surface area contributed by atoms with Crippen LogP contribution in [0.1, 0.15) is 17.3 Å². The van der Waals surface area contributed by atoms with Crippen molar-refractivity contribution in [2.24, 2.45) is 0 Å². The summed E-state index contributed by atoms with van der Waals surface area (Å²) >= 11 is 11.9. The van der Waals surface area contributed by atoms with Crippen molar-refractivity contribution >= 4 is 40.8 Å². The lowest BCUT2D eigenvalue weighted by molar-refractivity contribution is -0.123. The Balaban J connectivity index is 1.65. The van der Waals surface area contributed by atoms with Gasteiger partial charge in [-0.05, 0) is 31.2 Å². The molecule has 0 aromatic heterocycles. The number of hydrogen-bond acceptors (Lipinski definition) is 5. The highest BCUT2D eigenvalue weighted by Gasteiger charge is 2.23. The third-order valence-corrected chi connectivity index (χ3v) is 4.26. The van der Waals surface area contributed by atoms with Crippen LogP contribution in [0.3, 0.4) is 0 Å². The van der Waals surface area contributed by atoms with Crippen LogP contribution < -0.4 is 14.8 Å². The Morgan fingerprint density at radius 1 is 1.08 bits per heavy atom. The summed E-state index contributed by atoms with van der Waals surface area (Å²) in [5, 5.41) is 2.97. The van der Waals surface area contributed by atoms with E-state index < -0.39 is 18.0 Å². The predicted octanol–water partition coefficient (Wildman–Crippen LogP) is 3.95. The van der Waals surface area contributed by atoms with E-state index in [0.29, 0.717) is 30.4 Å². The van der Waals surface area contributed by atoms with Gasteiger partial charge < -0.3 is 19.5 Å². The Morgan fingerprint density at radius 2 is 1.73 bits per heavy atom. The molecule has 1 aliphatic rings. The molecule has 0 spiro atoms. The van der Waals surface area contributed by atoms with Crippen molar-refractivity contribution in [3.8, 4) is 11.5 Å². The minimum Gasteiger partial charge on any atom is -0.486 e. The average molecular weight is 396 g/mol. The fraction of sp³-hybridized carbons (Fsp3) is 0.222. The summed E-state index contributed by atoms with van der Waals surface area (Å²) < 4.78 is 16.1. The minimum atomic E-state index is -1.05. The lowest BCUT2D eigenvalue weighted by Crippen LogP contribution is -2.30. The summed E-state index contributed by atoms with van der Waals surface area (Å²) in [5.41, 5.74) is 0.521. The first-order chi connectivity index (χ1) is 12.5. The second kappa shape index (κ2) is 7.85. The molecule has 3 rings (SSSR count). The third-order valence-electron chi connectivity index (χ3n) is 3.63. The molecule has 2 aromatic rings. The second-order valence-corrected chi connectivity index (χ2v) is 6.31. The highest BCUT2D eigenvalue weighted by Crippen LogP contribution is 2.32. The summed E-state index contributed by atoms with van der Waals surface area (Å²) in [7, 11) is 0. The van der Waals surface area contributed by atoms with Gasteiger partial charge in [-0.25, -0.2) is 4.79 Å². The number of hydrogen-bond donors (Lipinski definition) is 1. The highest BCUT2D eigenvalue weighted by molar-refractivity contribution is 6.39. The van der Waals surface area contributed by atoms with Crippen LogP contribution in [0, 0.1) is 0 Å². The van der Waals surface area contributed by atoms with Crippen LogP contribution in [0.5, 0.6) is 11.5 Å². The standard InChI is InChI=1S/C18H15Cl2NO5/c1-10(26-18(23)16-12(19)3-2-4-13(16)20)17(22)21-11-5-6-14-15(9-11)25-8-7-24-14/h2-6,9-10H,7-8H2,1H3,(H,21,22). The number of anilines is 1. The molecule has 1 amide bonds. The van der Waals surface area contributed by atoms with Crippen molar-refractivity contribution in [3.63, 3.8) is 0 Å². The Bertz CT molecular complexity index is 835. The summed E-state index contributed by atoms with van der Waals surface area (Å²) in [6.07, 6.45) is -1.05. The quantitative estimate of drug-likeness (QED) is 0.793. The van der Waals surface area contributed by atoms with Crippen LogP contribution in [-0.2, 0) is 9.53 Å². The van der Waals surface area contributed by atoms with Crippen molar-refractivity contribution in [3.05, 3.63) is 52.0 Å². The molecule has 0 aliphatic carbocycles. The van der Waals surface area contributed by atoms with E-state index in [0.717, 1.165) is 0 Å². The van der Waals surface area contributed by atoms with Gasteiger partial charge in [-0.3, -0.25) is 4.79 Å². The molecule has 0 saturated carbocycles. The van der Waals surface area contributed by atoms with Gasteiger partial charge in [0, 0.05) is 11.8 Å². The van der Waals surface area contributed by atoms with E-state index in [4.69, 9.17) is 37.4 Å². The van der Waals surface area contributed by atoms with Crippen molar-refractivity contribution < 1.29 is 23.8 Å². The van der Waals surface area contributed by atoms with Crippen LogP contribution in [0.15, 0.2) is 36.4 Å². The summed E-state index contributed by atoms with van der Waals surface area (Å²) in [6.45, 7) is 2.38. The summed E-state index contributed by atoms with van der Waals surface area (Å²) in [4.78, 5) is 24.5. The number of carbonyl (C=O) groups excluding carboxylic acids is 2. The summed E-state index contributed by atoms with van der Waals surface area (Å²) in [5.74, 6) is -0.118. The number of ether oxygens (including phenoxy) is 3. The molecule has 26 heavy (non-hydrogen) atoms. The lowest BCUT2D eigenvalue weighted by Gasteiger charge is -2.19. The monoisotopic (exact) mass is 395 g/mol. The third kappa shape index (κ3) is 4.03. The normalized spacial score (nSPS) is 13.7. The zero-order valence-electron chi connectivity index (χ0n) is 13.8. The number of fused-ring (bicyclic) bond motifs is 1. The molecule has 0 saturated heterocycles. The van der Waals surface area contributed by atoms with Gasteiger partial charge in [0.05, 0.1) is 15.6 Å². The van der Waals surface area contributed by atoms with Crippen molar-refractivity contribution in [2.45, 2.75) is 13.0 Å². The molecule has 8 heteroatoms. The maximum Gasteiger partial charge on any atom is 0.341 e. The lowest BCUT2D eigenvalue weighted by atomic mass is 10.2. The van der Waals surface area contributed by atoms with Gasteiger partial charge in [0.15, 0.2) is 17.6 Å². The fourth-order valence-corrected chi connectivity index (χ4v) is 2.88. The first-order valence-corrected chi connectivity index (χ1v) is 8.57. The Hall–Kier alpha value is -2.44. The fourth-order valence-electron chi connectivity index (χ4n) is 2.33. The largest absolute Gasteiger partial charge is 0.486 e. The number of carbonyl (C=O) groups is 2. The molecule has 1 atom stereocenters. The van der Waals surface area contributed by atoms with Gasteiger partial charge in [-0.1, -0.05) is 29.3 Å². The zero-order chi connectivity index (χ0) is 18.7. The van der Waals surface area contributed by atoms with Gasteiger partial charge in [-0.15, -0.1) is 0 Å². The molecule has 0 bridgehead atoms.